The van der Waals surface area contributed by atoms with E-state index in [1.807, 2.05) is 12.1 Å². The molecule has 0 saturated heterocycles. The van der Waals surface area contributed by atoms with E-state index in [-0.39, 0.29) is 0 Å². The number of benzene rings is 7. The van der Waals surface area contributed by atoms with E-state index in [4.69, 9.17) is 9.97 Å². The fourth-order valence-corrected chi connectivity index (χ4v) is 8.42. The van der Waals surface area contributed by atoms with Gasteiger partial charge in [-0.25, -0.2) is 9.97 Å². The summed E-state index contributed by atoms with van der Waals surface area (Å²) in [7, 11) is 0. The van der Waals surface area contributed by atoms with E-state index in [9.17, 15) is 0 Å². The highest BCUT2D eigenvalue weighted by Crippen LogP contribution is 2.40. The van der Waals surface area contributed by atoms with Gasteiger partial charge in [-0.15, -0.1) is 0 Å². The lowest BCUT2D eigenvalue weighted by atomic mass is 9.85. The quantitative estimate of drug-likeness (QED) is 0.161. The van der Waals surface area contributed by atoms with Gasteiger partial charge < -0.3 is 0 Å². The summed E-state index contributed by atoms with van der Waals surface area (Å²) in [5.41, 5.74) is 16.6. The van der Waals surface area contributed by atoms with Gasteiger partial charge in [0.15, 0.2) is 5.82 Å². The van der Waals surface area contributed by atoms with Crippen molar-refractivity contribution < 1.29 is 0 Å². The van der Waals surface area contributed by atoms with Crippen molar-refractivity contribution in [1.29, 1.82) is 0 Å². The number of hydrogen-bond acceptors (Lipinski definition) is 3. The second-order valence-electron chi connectivity index (χ2n) is 14.9. The summed E-state index contributed by atoms with van der Waals surface area (Å²) < 4.78 is 0. The van der Waals surface area contributed by atoms with Crippen LogP contribution in [0, 0.1) is 13.8 Å². The topological polar surface area (TPSA) is 38.7 Å². The molecule has 0 radical (unpaired) electrons. The van der Waals surface area contributed by atoms with E-state index < -0.39 is 0 Å². The van der Waals surface area contributed by atoms with E-state index in [0.717, 1.165) is 74.6 Å². The molecular weight excluding hydrogens is 679 g/mol. The summed E-state index contributed by atoms with van der Waals surface area (Å²) in [4.78, 5) is 15.2. The van der Waals surface area contributed by atoms with Gasteiger partial charge in [0.2, 0.25) is 0 Å². The molecule has 0 atom stereocenters. The van der Waals surface area contributed by atoms with Gasteiger partial charge in [-0.2, -0.15) is 0 Å². The van der Waals surface area contributed by atoms with Crippen molar-refractivity contribution in [2.75, 3.05) is 0 Å². The van der Waals surface area contributed by atoms with Gasteiger partial charge in [0.25, 0.3) is 0 Å². The average Bonchev–Trinajstić information content (AvgIpc) is 3.26. The Hall–Kier alpha value is -6.97. The normalized spacial score (nSPS) is 12.2. The second-order valence-corrected chi connectivity index (χ2v) is 14.9. The summed E-state index contributed by atoms with van der Waals surface area (Å²) in [5.74, 6) is 0.694. The smallest absolute Gasteiger partial charge is 0.160 e. The minimum absolute atomic E-state index is 0.694. The van der Waals surface area contributed by atoms with Crippen LogP contribution in [0.25, 0.3) is 94.9 Å². The number of pyridine rings is 1. The number of fused-ring (bicyclic) bond motifs is 6. The third kappa shape index (κ3) is 6.27. The highest BCUT2D eigenvalue weighted by molar-refractivity contribution is 6.13. The summed E-state index contributed by atoms with van der Waals surface area (Å²) in [6, 6.07) is 58.8. The van der Waals surface area contributed by atoms with Crippen molar-refractivity contribution in [3.63, 3.8) is 0 Å². The van der Waals surface area contributed by atoms with Crippen LogP contribution in [0.15, 0.2) is 170 Å². The number of allylic oxidation sites excluding steroid dienone is 1. The molecule has 3 nitrogen and oxygen atoms in total. The van der Waals surface area contributed by atoms with Gasteiger partial charge in [0.1, 0.15) is 0 Å². The molecule has 0 unspecified atom stereocenters. The molecule has 0 amide bonds. The number of aromatic nitrogens is 3. The number of hydrogen-bond donors (Lipinski definition) is 0. The Morgan fingerprint density at radius 3 is 1.55 bits per heavy atom. The SMILES string of the molecule is Cc1cc(-c2cccc(-c3cc(-c4ccc5c(c4)c4c(c6ccccc65)C=CCC4)cc(-c4nc(-c5ccccc5)cc(-c5ccccc5)n4)c3)c2)cc(C)n1. The molecule has 0 spiro atoms. The zero-order valence-electron chi connectivity index (χ0n) is 31.5. The first-order valence-electron chi connectivity index (χ1n) is 19.4. The Kier molecular flexibility index (Phi) is 8.41. The van der Waals surface area contributed by atoms with Crippen molar-refractivity contribution in [3.8, 4) is 67.3 Å². The fraction of sp³-hybridized carbons (Fsp3) is 0.0755. The predicted octanol–water partition coefficient (Wildman–Crippen LogP) is 13.8. The van der Waals surface area contributed by atoms with Crippen molar-refractivity contribution in [3.05, 3.63) is 192 Å². The third-order valence-electron chi connectivity index (χ3n) is 11.0. The largest absolute Gasteiger partial charge is 0.258 e. The molecule has 0 fully saturated rings. The van der Waals surface area contributed by atoms with Crippen molar-refractivity contribution >= 4 is 27.6 Å². The molecule has 1 aliphatic carbocycles. The molecule has 0 saturated carbocycles. The van der Waals surface area contributed by atoms with Crippen LogP contribution in [0.1, 0.15) is 28.9 Å². The van der Waals surface area contributed by atoms with Gasteiger partial charge in [-0.05, 0) is 141 Å². The second kappa shape index (κ2) is 14.0. The molecule has 2 heterocycles. The van der Waals surface area contributed by atoms with E-state index in [1.54, 1.807) is 0 Å². The molecule has 2 aromatic heterocycles. The zero-order chi connectivity index (χ0) is 37.6. The van der Waals surface area contributed by atoms with E-state index >= 15 is 0 Å². The van der Waals surface area contributed by atoms with Crippen LogP contribution >= 0.6 is 0 Å². The Balaban J connectivity index is 1.21. The standard InChI is InChI=1S/C53H39N3/c1-34-26-41(27-35(2)54-34)38-18-13-19-39(28-38)42-29-43(40-24-25-49-47-22-10-9-20-45(47)46-21-11-12-23-48(46)50(49)32-40)31-44(30-42)53-55-51(36-14-5-3-6-15-36)33-52(56-53)37-16-7-4-8-17-37/h3-11,13-22,24-33H,12,23H2,1-2H3. The van der Waals surface area contributed by atoms with Crippen LogP contribution in [0.3, 0.4) is 0 Å². The van der Waals surface area contributed by atoms with E-state index in [2.05, 4.69) is 183 Å². The summed E-state index contributed by atoms with van der Waals surface area (Å²) in [6.45, 7) is 4.12. The lowest BCUT2D eigenvalue weighted by molar-refractivity contribution is 1.00. The summed E-state index contributed by atoms with van der Waals surface area (Å²) >= 11 is 0. The molecule has 10 rings (SSSR count). The Labute approximate surface area is 327 Å². The number of aryl methyl sites for hydroxylation is 3. The average molecular weight is 718 g/mol. The molecule has 3 heteroatoms. The van der Waals surface area contributed by atoms with Gasteiger partial charge >= 0.3 is 0 Å². The summed E-state index contributed by atoms with van der Waals surface area (Å²) in [5, 5.41) is 5.25. The maximum Gasteiger partial charge on any atom is 0.160 e. The minimum Gasteiger partial charge on any atom is -0.258 e. The van der Waals surface area contributed by atoms with Crippen molar-refractivity contribution in [1.82, 2.24) is 15.0 Å². The molecule has 266 valence electrons. The molecular formula is C53H39N3. The molecule has 1 aliphatic rings. The zero-order valence-corrected chi connectivity index (χ0v) is 31.5. The number of nitrogens with zero attached hydrogens (tertiary/aromatic N) is 3. The van der Waals surface area contributed by atoms with Gasteiger partial charge in [-0.1, -0.05) is 127 Å². The third-order valence-corrected chi connectivity index (χ3v) is 11.0. The van der Waals surface area contributed by atoms with E-state index in [1.165, 1.54) is 43.8 Å². The first-order chi connectivity index (χ1) is 27.5. The highest BCUT2D eigenvalue weighted by Gasteiger charge is 2.18. The molecule has 0 N–H and O–H groups in total. The van der Waals surface area contributed by atoms with Crippen LogP contribution in [0.2, 0.25) is 0 Å². The molecule has 9 aromatic rings. The Morgan fingerprint density at radius 1 is 0.375 bits per heavy atom. The molecule has 0 aliphatic heterocycles. The van der Waals surface area contributed by atoms with E-state index in [0.29, 0.717) is 5.82 Å². The Morgan fingerprint density at radius 2 is 0.893 bits per heavy atom. The van der Waals surface area contributed by atoms with Gasteiger partial charge in [0.05, 0.1) is 11.4 Å². The predicted molar refractivity (Wildman–Crippen MR) is 234 cm³/mol. The maximum atomic E-state index is 5.27. The minimum atomic E-state index is 0.694. The van der Waals surface area contributed by atoms with Crippen molar-refractivity contribution in [2.45, 2.75) is 26.7 Å². The lowest BCUT2D eigenvalue weighted by Crippen LogP contribution is -1.98. The fourth-order valence-electron chi connectivity index (χ4n) is 8.42. The Bertz CT molecular complexity index is 2900. The van der Waals surface area contributed by atoms with Crippen LogP contribution in [-0.4, -0.2) is 15.0 Å². The van der Waals surface area contributed by atoms with Gasteiger partial charge in [0, 0.05) is 28.1 Å². The first-order valence-corrected chi connectivity index (χ1v) is 19.4. The molecule has 56 heavy (non-hydrogen) atoms. The monoisotopic (exact) mass is 717 g/mol. The lowest BCUT2D eigenvalue weighted by Gasteiger charge is -2.19. The van der Waals surface area contributed by atoms with Crippen LogP contribution in [0.4, 0.5) is 0 Å². The van der Waals surface area contributed by atoms with Crippen molar-refractivity contribution in [2.24, 2.45) is 0 Å². The maximum absolute atomic E-state index is 5.27. The van der Waals surface area contributed by atoms with Crippen LogP contribution < -0.4 is 0 Å². The highest BCUT2D eigenvalue weighted by atomic mass is 14.9. The summed E-state index contributed by atoms with van der Waals surface area (Å²) in [6.07, 6.45) is 6.73. The molecule has 0 bridgehead atoms. The van der Waals surface area contributed by atoms with Crippen LogP contribution in [-0.2, 0) is 6.42 Å². The number of rotatable bonds is 6. The first kappa shape index (κ1) is 33.6. The van der Waals surface area contributed by atoms with Crippen LogP contribution in [0.5, 0.6) is 0 Å². The van der Waals surface area contributed by atoms with Gasteiger partial charge in [-0.3, -0.25) is 4.98 Å². The molecule has 7 aromatic carbocycles.